The van der Waals surface area contributed by atoms with Gasteiger partial charge in [-0.2, -0.15) is 4.39 Å². The Bertz CT molecular complexity index is 278. The largest absolute Gasteiger partial charge is 0.394 e. The highest BCUT2D eigenvalue weighted by Crippen LogP contribution is 2.01. The van der Waals surface area contributed by atoms with Crippen molar-refractivity contribution in [2.75, 3.05) is 0 Å². The molecule has 0 aliphatic rings. The second kappa shape index (κ2) is 5.08. The van der Waals surface area contributed by atoms with E-state index in [4.69, 9.17) is 11.1 Å². The molecule has 0 aromatic carbocycles. The lowest BCUT2D eigenvalue weighted by atomic mass is 10.3. The summed E-state index contributed by atoms with van der Waals surface area (Å²) in [5.41, 5.74) is 5.68. The van der Waals surface area contributed by atoms with Gasteiger partial charge in [-0.25, -0.2) is 4.99 Å². The number of hydrogen-bond acceptors (Lipinski definition) is 4. The Balaban J connectivity index is 4.87. The smallest absolute Gasteiger partial charge is 0.185 e. The minimum Gasteiger partial charge on any atom is -0.394 e. The van der Waals surface area contributed by atoms with Gasteiger partial charge in [0.2, 0.25) is 0 Å². The fourth-order valence-corrected chi connectivity index (χ4v) is 0.604. The molecule has 0 amide bonds. The van der Waals surface area contributed by atoms with E-state index in [1.165, 1.54) is 13.1 Å². The number of aliphatic imine (C=N–C) groups is 1. The van der Waals surface area contributed by atoms with Crippen LogP contribution in [0.5, 0.6) is 0 Å². The number of allylic oxidation sites excluding steroid dienone is 1. The van der Waals surface area contributed by atoms with Crippen LogP contribution in [0.25, 0.3) is 0 Å². The molecule has 72 valence electrons. The van der Waals surface area contributed by atoms with Crippen LogP contribution < -0.4 is 11.1 Å². The monoisotopic (exact) mass is 184 g/mol. The molecule has 0 unspecified atom stereocenters. The zero-order valence-electron chi connectivity index (χ0n) is 7.69. The minimum atomic E-state index is -0.759. The standard InChI is InChI=1S/C8H13FN4/c1-4-12-8(13-6(3)9)7(11)5(2)10/h4,10,13H,3,11H2,1-2H3/b8-7-,10-5?,12-4?. The van der Waals surface area contributed by atoms with Gasteiger partial charge in [0.05, 0.1) is 11.4 Å². The first-order valence-electron chi connectivity index (χ1n) is 3.64. The van der Waals surface area contributed by atoms with Gasteiger partial charge in [-0.15, -0.1) is 0 Å². The van der Waals surface area contributed by atoms with Crippen LogP contribution in [0.15, 0.2) is 29.0 Å². The average molecular weight is 184 g/mol. The first-order valence-corrected chi connectivity index (χ1v) is 3.64. The highest BCUT2D eigenvalue weighted by Gasteiger charge is 2.04. The number of hydrogen-bond donors (Lipinski definition) is 3. The minimum absolute atomic E-state index is 0.0944. The van der Waals surface area contributed by atoms with E-state index in [2.05, 4.69) is 16.9 Å². The third-order valence-corrected chi connectivity index (χ3v) is 1.17. The van der Waals surface area contributed by atoms with E-state index < -0.39 is 5.95 Å². The first-order chi connectivity index (χ1) is 5.99. The van der Waals surface area contributed by atoms with Crippen LogP contribution in [-0.4, -0.2) is 11.9 Å². The summed E-state index contributed by atoms with van der Waals surface area (Å²) >= 11 is 0. The van der Waals surface area contributed by atoms with Crippen molar-refractivity contribution in [3.63, 3.8) is 0 Å². The van der Waals surface area contributed by atoms with E-state index in [9.17, 15) is 4.39 Å². The quantitative estimate of drug-likeness (QED) is 0.454. The van der Waals surface area contributed by atoms with Crippen molar-refractivity contribution in [1.29, 1.82) is 5.41 Å². The predicted octanol–water partition coefficient (Wildman–Crippen LogP) is 1.27. The predicted molar refractivity (Wildman–Crippen MR) is 52.2 cm³/mol. The lowest BCUT2D eigenvalue weighted by Crippen LogP contribution is -2.18. The van der Waals surface area contributed by atoms with Gasteiger partial charge in [0.1, 0.15) is 0 Å². The molecule has 0 heterocycles. The van der Waals surface area contributed by atoms with Crippen molar-refractivity contribution in [3.8, 4) is 0 Å². The van der Waals surface area contributed by atoms with Crippen molar-refractivity contribution in [1.82, 2.24) is 5.32 Å². The van der Waals surface area contributed by atoms with Crippen molar-refractivity contribution in [3.05, 3.63) is 24.0 Å². The Kier molecular flexibility index (Phi) is 4.43. The summed E-state index contributed by atoms with van der Waals surface area (Å²) < 4.78 is 12.4. The van der Waals surface area contributed by atoms with E-state index >= 15 is 0 Å². The molecule has 0 saturated carbocycles. The summed E-state index contributed by atoms with van der Waals surface area (Å²) in [5, 5.41) is 9.42. The lowest BCUT2D eigenvalue weighted by Gasteiger charge is -2.06. The van der Waals surface area contributed by atoms with Crippen LogP contribution in [0, 0.1) is 5.41 Å². The van der Waals surface area contributed by atoms with Crippen LogP contribution >= 0.6 is 0 Å². The molecule has 0 aromatic heterocycles. The number of rotatable bonds is 4. The van der Waals surface area contributed by atoms with Gasteiger partial charge < -0.3 is 16.5 Å². The Hall–Kier alpha value is -1.65. The molecular formula is C8H13FN4. The fraction of sp³-hybridized carbons (Fsp3) is 0.250. The molecule has 4 N–H and O–H groups in total. The third-order valence-electron chi connectivity index (χ3n) is 1.17. The van der Waals surface area contributed by atoms with E-state index in [1.54, 1.807) is 6.92 Å². The van der Waals surface area contributed by atoms with E-state index in [0.29, 0.717) is 0 Å². The number of nitrogens with two attached hydrogens (primary N) is 1. The number of nitrogens with zero attached hydrogens (tertiary/aromatic N) is 1. The summed E-state index contributed by atoms with van der Waals surface area (Å²) in [7, 11) is 0. The van der Waals surface area contributed by atoms with Gasteiger partial charge in [-0.05, 0) is 20.4 Å². The molecular weight excluding hydrogens is 171 g/mol. The Morgan fingerprint density at radius 3 is 2.54 bits per heavy atom. The summed E-state index contributed by atoms with van der Waals surface area (Å²) in [6.07, 6.45) is 1.45. The number of halogens is 1. The summed E-state index contributed by atoms with van der Waals surface area (Å²) in [6, 6.07) is 0. The molecule has 0 bridgehead atoms. The third kappa shape index (κ3) is 4.05. The fourth-order valence-electron chi connectivity index (χ4n) is 0.604. The second-order valence-corrected chi connectivity index (χ2v) is 2.30. The topological polar surface area (TPSA) is 74.3 Å². The van der Waals surface area contributed by atoms with E-state index in [-0.39, 0.29) is 17.2 Å². The molecule has 0 spiro atoms. The first kappa shape index (κ1) is 11.4. The maximum absolute atomic E-state index is 12.4. The maximum Gasteiger partial charge on any atom is 0.185 e. The Morgan fingerprint density at radius 1 is 1.69 bits per heavy atom. The lowest BCUT2D eigenvalue weighted by molar-refractivity contribution is 0.576. The second-order valence-electron chi connectivity index (χ2n) is 2.30. The van der Waals surface area contributed by atoms with Gasteiger partial charge in [0.15, 0.2) is 11.8 Å². The molecule has 4 nitrogen and oxygen atoms in total. The molecule has 0 aliphatic heterocycles. The summed E-state index contributed by atoms with van der Waals surface area (Å²) in [4.78, 5) is 3.76. The SMILES string of the molecule is C=C(F)N/C(N=CC)=C(\N)C(C)=N. The molecule has 0 aliphatic carbocycles. The number of nitrogens with one attached hydrogen (secondary N) is 2. The normalized spacial score (nSPS) is 12.5. The molecule has 0 saturated heterocycles. The molecule has 0 atom stereocenters. The van der Waals surface area contributed by atoms with Gasteiger partial charge in [-0.1, -0.05) is 0 Å². The summed E-state index contributed by atoms with van der Waals surface area (Å²) in [6.45, 7) is 6.16. The molecule has 0 fully saturated rings. The van der Waals surface area contributed by atoms with Crippen LogP contribution in [0.3, 0.4) is 0 Å². The van der Waals surface area contributed by atoms with Crippen molar-refractivity contribution < 1.29 is 4.39 Å². The molecule has 13 heavy (non-hydrogen) atoms. The van der Waals surface area contributed by atoms with Crippen LogP contribution in [0.4, 0.5) is 4.39 Å². The molecule has 0 rings (SSSR count). The van der Waals surface area contributed by atoms with Gasteiger partial charge in [0.25, 0.3) is 0 Å². The van der Waals surface area contributed by atoms with Crippen LogP contribution in [-0.2, 0) is 0 Å². The Morgan fingerprint density at radius 2 is 2.23 bits per heavy atom. The van der Waals surface area contributed by atoms with Gasteiger partial charge in [0, 0.05) is 6.21 Å². The zero-order valence-corrected chi connectivity index (χ0v) is 7.69. The Labute approximate surface area is 76.6 Å². The van der Waals surface area contributed by atoms with Crippen LogP contribution in [0.1, 0.15) is 13.8 Å². The molecule has 5 heteroatoms. The van der Waals surface area contributed by atoms with Gasteiger partial charge in [-0.3, -0.25) is 0 Å². The van der Waals surface area contributed by atoms with Crippen molar-refractivity contribution in [2.45, 2.75) is 13.8 Å². The highest BCUT2D eigenvalue weighted by atomic mass is 19.1. The zero-order chi connectivity index (χ0) is 10.4. The molecule has 0 aromatic rings. The van der Waals surface area contributed by atoms with E-state index in [0.717, 1.165) is 0 Å². The average Bonchev–Trinajstić information content (AvgIpc) is 2.01. The van der Waals surface area contributed by atoms with Gasteiger partial charge >= 0.3 is 0 Å². The highest BCUT2D eigenvalue weighted by molar-refractivity contribution is 5.95. The van der Waals surface area contributed by atoms with Crippen molar-refractivity contribution >= 4 is 11.9 Å². The maximum atomic E-state index is 12.4. The summed E-state index contributed by atoms with van der Waals surface area (Å²) in [5.74, 6) is -0.660. The molecule has 0 radical (unpaired) electrons. The van der Waals surface area contributed by atoms with Crippen molar-refractivity contribution in [2.24, 2.45) is 10.7 Å². The van der Waals surface area contributed by atoms with E-state index in [1.807, 2.05) is 0 Å². The van der Waals surface area contributed by atoms with Crippen LogP contribution in [0.2, 0.25) is 0 Å².